The van der Waals surface area contributed by atoms with Crippen LogP contribution in [0.2, 0.25) is 0 Å². The van der Waals surface area contributed by atoms with Crippen LogP contribution in [0.15, 0.2) is 40.9 Å². The molecule has 3 aromatic rings. The molecular formula is C27H33N5O4S. The minimum Gasteiger partial charge on any atom is -0.451 e. The number of aromatic nitrogens is 3. The SMILES string of the molecule is CCS(=O)(=O)Nc1ccc(-n2cc(-c3ccc(C(=O)C4CCCC4)o3)nn2)c(N2CCC3(CC2)CC3)c1. The number of furan rings is 1. The first-order chi connectivity index (χ1) is 17.8. The summed E-state index contributed by atoms with van der Waals surface area (Å²) in [5, 5.41) is 8.69. The Bertz CT molecular complexity index is 1410. The van der Waals surface area contributed by atoms with Crippen LogP contribution in [0, 0.1) is 11.3 Å². The van der Waals surface area contributed by atoms with Crippen molar-refractivity contribution in [2.75, 3.05) is 28.5 Å². The van der Waals surface area contributed by atoms with E-state index in [9.17, 15) is 13.2 Å². The fourth-order valence-electron chi connectivity index (χ4n) is 5.68. The molecule has 2 aliphatic carbocycles. The Kier molecular flexibility index (Phi) is 6.09. The topological polar surface area (TPSA) is 110 Å². The predicted molar refractivity (Wildman–Crippen MR) is 142 cm³/mol. The van der Waals surface area contributed by atoms with Crippen molar-refractivity contribution in [2.24, 2.45) is 11.3 Å². The molecule has 0 atom stereocenters. The second-order valence-electron chi connectivity index (χ2n) is 10.8. The molecule has 0 amide bonds. The molecule has 1 aliphatic heterocycles. The summed E-state index contributed by atoms with van der Waals surface area (Å²) in [6.07, 6.45) is 10.7. The van der Waals surface area contributed by atoms with Crippen LogP contribution < -0.4 is 9.62 Å². The zero-order chi connectivity index (χ0) is 25.6. The largest absolute Gasteiger partial charge is 0.451 e. The van der Waals surface area contributed by atoms with Gasteiger partial charge in [-0.05, 0) is 81.2 Å². The maximum Gasteiger partial charge on any atom is 0.232 e. The highest BCUT2D eigenvalue weighted by Gasteiger charge is 2.44. The molecule has 1 spiro atoms. The number of nitrogens with zero attached hydrogens (tertiary/aromatic N) is 4. The van der Waals surface area contributed by atoms with Gasteiger partial charge in [-0.15, -0.1) is 5.10 Å². The zero-order valence-corrected chi connectivity index (χ0v) is 22.0. The first-order valence-corrected chi connectivity index (χ1v) is 15.0. The highest BCUT2D eigenvalue weighted by Crippen LogP contribution is 2.54. The Morgan fingerprint density at radius 1 is 1.08 bits per heavy atom. The van der Waals surface area contributed by atoms with E-state index in [0.717, 1.165) is 63.0 Å². The average molecular weight is 524 g/mol. The fraction of sp³-hybridized carbons (Fsp3) is 0.519. The molecule has 0 radical (unpaired) electrons. The lowest BCUT2D eigenvalue weighted by Crippen LogP contribution is -2.35. The summed E-state index contributed by atoms with van der Waals surface area (Å²) >= 11 is 0. The number of anilines is 2. The Balaban J connectivity index is 1.29. The van der Waals surface area contributed by atoms with E-state index in [-0.39, 0.29) is 17.5 Å². The normalized spacial score (nSPS) is 19.4. The molecular weight excluding hydrogens is 490 g/mol. The van der Waals surface area contributed by atoms with Crippen LogP contribution in [0.25, 0.3) is 17.1 Å². The van der Waals surface area contributed by atoms with Gasteiger partial charge in [-0.3, -0.25) is 9.52 Å². The molecule has 1 N–H and O–H groups in total. The Hall–Kier alpha value is -3.14. The van der Waals surface area contributed by atoms with Crippen LogP contribution in [0.5, 0.6) is 0 Å². The van der Waals surface area contributed by atoms with Crippen LogP contribution in [-0.2, 0) is 10.0 Å². The first kappa shape index (κ1) is 24.2. The third-order valence-electron chi connectivity index (χ3n) is 8.32. The average Bonchev–Trinajstić information content (AvgIpc) is 3.39. The van der Waals surface area contributed by atoms with E-state index >= 15 is 0 Å². The third-order valence-corrected chi connectivity index (χ3v) is 9.62. The number of rotatable bonds is 8. The molecule has 3 heterocycles. The van der Waals surface area contributed by atoms with Gasteiger partial charge in [0.25, 0.3) is 0 Å². The molecule has 1 saturated heterocycles. The number of hydrogen-bond donors (Lipinski definition) is 1. The van der Waals surface area contributed by atoms with Gasteiger partial charge < -0.3 is 9.32 Å². The monoisotopic (exact) mass is 523 g/mol. The predicted octanol–water partition coefficient (Wildman–Crippen LogP) is 5.04. The standard InChI is InChI=1S/C27H33N5O4S/c1-2-37(34,35)29-20-7-8-22(23(17-20)31-15-13-27(11-12-27)14-16-31)32-18-21(28-30-32)24-9-10-25(36-24)26(33)19-5-3-4-6-19/h7-10,17-19,29H,2-6,11-16H2,1H3. The molecule has 37 heavy (non-hydrogen) atoms. The number of Topliss-reactive ketones (excluding diaryl/α,β-unsaturated/α-hetero) is 1. The van der Waals surface area contributed by atoms with Crippen molar-refractivity contribution in [3.8, 4) is 17.1 Å². The van der Waals surface area contributed by atoms with Gasteiger partial charge in [0, 0.05) is 19.0 Å². The van der Waals surface area contributed by atoms with Gasteiger partial charge in [0.15, 0.2) is 11.5 Å². The lowest BCUT2D eigenvalue weighted by Gasteiger charge is -2.35. The number of nitrogens with one attached hydrogen (secondary N) is 1. The van der Waals surface area contributed by atoms with E-state index in [1.54, 1.807) is 36.0 Å². The summed E-state index contributed by atoms with van der Waals surface area (Å²) in [4.78, 5) is 15.1. The summed E-state index contributed by atoms with van der Waals surface area (Å²) in [7, 11) is -3.39. The van der Waals surface area contributed by atoms with Gasteiger partial charge in [-0.25, -0.2) is 13.1 Å². The Labute approximate surface area is 217 Å². The molecule has 2 aromatic heterocycles. The summed E-state index contributed by atoms with van der Waals surface area (Å²) in [5.74, 6) is 1.03. The van der Waals surface area contributed by atoms with Crippen LogP contribution in [0.4, 0.5) is 11.4 Å². The van der Waals surface area contributed by atoms with Gasteiger partial charge in [-0.2, -0.15) is 0 Å². The lowest BCUT2D eigenvalue weighted by atomic mass is 9.93. The maximum atomic E-state index is 12.8. The molecule has 3 fully saturated rings. The molecule has 1 aromatic carbocycles. The van der Waals surface area contributed by atoms with Crippen LogP contribution in [0.1, 0.15) is 68.8 Å². The number of ketones is 1. The van der Waals surface area contributed by atoms with Gasteiger partial charge in [-0.1, -0.05) is 18.1 Å². The van der Waals surface area contributed by atoms with Crippen LogP contribution in [0.3, 0.4) is 0 Å². The van der Waals surface area contributed by atoms with Crippen LogP contribution in [-0.4, -0.2) is 48.0 Å². The van der Waals surface area contributed by atoms with Gasteiger partial charge in [0.05, 0.1) is 29.0 Å². The number of benzene rings is 1. The van der Waals surface area contributed by atoms with Crippen molar-refractivity contribution < 1.29 is 17.6 Å². The lowest BCUT2D eigenvalue weighted by molar-refractivity contribution is 0.0895. The molecule has 6 rings (SSSR count). The number of carbonyl (C=O) groups excluding carboxylic acids is 1. The van der Waals surface area contributed by atoms with Crippen molar-refractivity contribution in [2.45, 2.75) is 58.3 Å². The van der Waals surface area contributed by atoms with Gasteiger partial charge >= 0.3 is 0 Å². The quantitative estimate of drug-likeness (QED) is 0.412. The second-order valence-corrected chi connectivity index (χ2v) is 12.8. The van der Waals surface area contributed by atoms with Gasteiger partial charge in [0.1, 0.15) is 5.69 Å². The summed E-state index contributed by atoms with van der Waals surface area (Å²) < 4.78 is 34.7. The van der Waals surface area contributed by atoms with Crippen LogP contribution >= 0.6 is 0 Å². The summed E-state index contributed by atoms with van der Waals surface area (Å²) in [5.41, 5.74) is 3.33. The second kappa shape index (κ2) is 9.31. The molecule has 0 bridgehead atoms. The Morgan fingerprint density at radius 3 is 2.54 bits per heavy atom. The first-order valence-electron chi connectivity index (χ1n) is 13.3. The fourth-order valence-corrected chi connectivity index (χ4v) is 6.31. The van der Waals surface area contributed by atoms with E-state index < -0.39 is 10.0 Å². The zero-order valence-electron chi connectivity index (χ0n) is 21.1. The Morgan fingerprint density at radius 2 is 1.84 bits per heavy atom. The highest BCUT2D eigenvalue weighted by molar-refractivity contribution is 7.92. The molecule has 10 heteroatoms. The van der Waals surface area contributed by atoms with E-state index in [1.165, 1.54) is 12.8 Å². The number of carbonyl (C=O) groups is 1. The summed E-state index contributed by atoms with van der Waals surface area (Å²) in [6.45, 7) is 3.46. The number of hydrogen-bond acceptors (Lipinski definition) is 7. The minimum atomic E-state index is -3.39. The molecule has 3 aliphatic rings. The van der Waals surface area contributed by atoms with Crippen molar-refractivity contribution in [3.63, 3.8) is 0 Å². The molecule has 9 nitrogen and oxygen atoms in total. The van der Waals surface area contributed by atoms with E-state index in [1.807, 2.05) is 12.1 Å². The number of piperidine rings is 1. The minimum absolute atomic E-state index is 0.0111. The maximum absolute atomic E-state index is 12.8. The third kappa shape index (κ3) is 4.91. The summed E-state index contributed by atoms with van der Waals surface area (Å²) in [6, 6.07) is 9.03. The molecule has 196 valence electrons. The van der Waals surface area contributed by atoms with E-state index in [0.29, 0.717) is 28.3 Å². The highest BCUT2D eigenvalue weighted by atomic mass is 32.2. The van der Waals surface area contributed by atoms with E-state index in [4.69, 9.17) is 4.42 Å². The number of sulfonamides is 1. The van der Waals surface area contributed by atoms with Crippen molar-refractivity contribution >= 4 is 27.2 Å². The molecule has 2 saturated carbocycles. The van der Waals surface area contributed by atoms with Gasteiger partial charge in [0.2, 0.25) is 15.8 Å². The molecule has 0 unspecified atom stereocenters. The van der Waals surface area contributed by atoms with E-state index in [2.05, 4.69) is 19.9 Å². The van der Waals surface area contributed by atoms with Crippen molar-refractivity contribution in [3.05, 3.63) is 42.3 Å². The van der Waals surface area contributed by atoms with Crippen molar-refractivity contribution in [1.82, 2.24) is 15.0 Å². The smallest absolute Gasteiger partial charge is 0.232 e. The van der Waals surface area contributed by atoms with Crippen molar-refractivity contribution in [1.29, 1.82) is 0 Å².